The number of hydrogen-bond donors (Lipinski definition) is 3. The van der Waals surface area contributed by atoms with Crippen LogP contribution in [0, 0.1) is 17.8 Å². The van der Waals surface area contributed by atoms with Crippen molar-refractivity contribution in [2.45, 2.75) is 18.9 Å². The molecular weight excluding hydrogens is 354 g/mol. The summed E-state index contributed by atoms with van der Waals surface area (Å²) in [5, 5.41) is 9.11. The maximum atomic E-state index is 11.9. The van der Waals surface area contributed by atoms with Gasteiger partial charge in [-0.25, -0.2) is 0 Å². The van der Waals surface area contributed by atoms with Gasteiger partial charge in [0.2, 0.25) is 11.8 Å². The zero-order valence-corrected chi connectivity index (χ0v) is 16.2. The lowest BCUT2D eigenvalue weighted by Crippen LogP contribution is -2.47. The molecule has 0 spiro atoms. The van der Waals surface area contributed by atoms with Gasteiger partial charge in [-0.1, -0.05) is 0 Å². The molecule has 28 heavy (non-hydrogen) atoms. The van der Waals surface area contributed by atoms with E-state index in [1.165, 1.54) is 25.3 Å². The van der Waals surface area contributed by atoms with Crippen molar-refractivity contribution in [1.82, 2.24) is 15.5 Å². The molecule has 4 atom stereocenters. The minimum atomic E-state index is -0.329. The van der Waals surface area contributed by atoms with Crippen molar-refractivity contribution in [2.24, 2.45) is 17.8 Å². The molecule has 1 saturated carbocycles. The predicted molar refractivity (Wildman–Crippen MR) is 108 cm³/mol. The van der Waals surface area contributed by atoms with Crippen LogP contribution in [0.2, 0.25) is 0 Å². The summed E-state index contributed by atoms with van der Waals surface area (Å²) in [4.78, 5) is 28.2. The van der Waals surface area contributed by atoms with E-state index in [-0.39, 0.29) is 17.9 Å². The van der Waals surface area contributed by atoms with E-state index in [0.717, 1.165) is 49.6 Å². The van der Waals surface area contributed by atoms with E-state index in [1.807, 2.05) is 12.1 Å². The molecule has 3 heterocycles. The van der Waals surface area contributed by atoms with Crippen LogP contribution >= 0.6 is 0 Å². The van der Waals surface area contributed by atoms with Crippen LogP contribution in [0.1, 0.15) is 12.8 Å². The highest BCUT2D eigenvalue weighted by atomic mass is 16.2. The van der Waals surface area contributed by atoms with E-state index in [4.69, 9.17) is 0 Å². The summed E-state index contributed by atoms with van der Waals surface area (Å²) in [6.07, 6.45) is 0.942. The maximum Gasteiger partial charge on any atom is 0.249 e. The van der Waals surface area contributed by atoms with Gasteiger partial charge in [-0.3, -0.25) is 19.8 Å². The number of rotatable bonds is 5. The van der Waals surface area contributed by atoms with Crippen LogP contribution in [0.15, 0.2) is 24.3 Å². The molecule has 1 aromatic rings. The third-order valence-corrected chi connectivity index (χ3v) is 6.92. The lowest BCUT2D eigenvalue weighted by atomic mass is 10.1. The topological polar surface area (TPSA) is 76.7 Å². The van der Waals surface area contributed by atoms with Crippen LogP contribution in [0.25, 0.3) is 0 Å². The highest BCUT2D eigenvalue weighted by Crippen LogP contribution is 2.48. The standard InChI is InChI=1S/C21H29N5O2/c27-20-6-5-19(21(28)24-20)23-14-1-3-15(4-2-14)26-9-7-25(8-10-26)13-18-16-11-22-12-17(16)18/h1-4,16-19,22-23H,5-13H2,(H,24,27,28)/t16-,17+,18?,19?. The number of nitrogens with one attached hydrogen (secondary N) is 3. The molecule has 0 aromatic heterocycles. The Morgan fingerprint density at radius 3 is 2.39 bits per heavy atom. The molecule has 0 bridgehead atoms. The number of fused-ring (bicyclic) bond motifs is 1. The Bertz CT molecular complexity index is 734. The molecule has 1 aliphatic carbocycles. The number of anilines is 2. The number of carbonyl (C=O) groups is 2. The normalized spacial score (nSPS) is 32.8. The van der Waals surface area contributed by atoms with Crippen molar-refractivity contribution in [1.29, 1.82) is 0 Å². The smallest absolute Gasteiger partial charge is 0.249 e. The summed E-state index contributed by atoms with van der Waals surface area (Å²) in [6, 6.07) is 7.99. The van der Waals surface area contributed by atoms with Crippen molar-refractivity contribution >= 4 is 23.2 Å². The Hall–Kier alpha value is -2.12. The summed E-state index contributed by atoms with van der Waals surface area (Å²) >= 11 is 0. The Kier molecular flexibility index (Phi) is 4.72. The molecule has 2 amide bonds. The van der Waals surface area contributed by atoms with Gasteiger partial charge in [0.05, 0.1) is 0 Å². The van der Waals surface area contributed by atoms with E-state index in [2.05, 4.69) is 37.9 Å². The van der Waals surface area contributed by atoms with Crippen molar-refractivity contribution in [3.05, 3.63) is 24.3 Å². The Morgan fingerprint density at radius 2 is 1.71 bits per heavy atom. The van der Waals surface area contributed by atoms with Gasteiger partial charge in [-0.15, -0.1) is 0 Å². The Labute approximate surface area is 165 Å². The molecule has 3 saturated heterocycles. The quantitative estimate of drug-likeness (QED) is 0.643. The molecule has 4 fully saturated rings. The van der Waals surface area contributed by atoms with Gasteiger partial charge in [-0.05, 0) is 61.5 Å². The zero-order chi connectivity index (χ0) is 19.1. The largest absolute Gasteiger partial charge is 0.374 e. The van der Waals surface area contributed by atoms with Gasteiger partial charge in [0.1, 0.15) is 6.04 Å². The minimum Gasteiger partial charge on any atom is -0.374 e. The van der Waals surface area contributed by atoms with Crippen LogP contribution in [0.3, 0.4) is 0 Å². The zero-order valence-electron chi connectivity index (χ0n) is 16.2. The molecular formula is C21H29N5O2. The van der Waals surface area contributed by atoms with E-state index in [0.29, 0.717) is 12.8 Å². The number of piperidine rings is 2. The van der Waals surface area contributed by atoms with Crippen LogP contribution < -0.4 is 20.9 Å². The molecule has 1 aromatic carbocycles. The number of benzene rings is 1. The van der Waals surface area contributed by atoms with E-state index in [9.17, 15) is 9.59 Å². The van der Waals surface area contributed by atoms with Crippen molar-refractivity contribution in [2.75, 3.05) is 56.0 Å². The highest BCUT2D eigenvalue weighted by molar-refractivity contribution is 6.01. The maximum absolute atomic E-state index is 11.9. The van der Waals surface area contributed by atoms with Gasteiger partial charge < -0.3 is 15.5 Å². The number of piperazine rings is 1. The minimum absolute atomic E-state index is 0.181. The first-order valence-corrected chi connectivity index (χ1v) is 10.6. The molecule has 150 valence electrons. The fourth-order valence-corrected chi connectivity index (χ4v) is 5.11. The first-order valence-electron chi connectivity index (χ1n) is 10.6. The third kappa shape index (κ3) is 3.61. The van der Waals surface area contributed by atoms with Crippen LogP contribution in [0.4, 0.5) is 11.4 Å². The van der Waals surface area contributed by atoms with Gasteiger partial charge in [0.25, 0.3) is 0 Å². The molecule has 7 heteroatoms. The molecule has 3 aliphatic heterocycles. The van der Waals surface area contributed by atoms with Crippen molar-refractivity contribution in [3.63, 3.8) is 0 Å². The second-order valence-electron chi connectivity index (χ2n) is 8.63. The molecule has 4 aliphatic rings. The van der Waals surface area contributed by atoms with Gasteiger partial charge >= 0.3 is 0 Å². The van der Waals surface area contributed by atoms with E-state index >= 15 is 0 Å². The SMILES string of the molecule is O=C1CCC(Nc2ccc(N3CCN(CC4[C@H]5CNC[C@@H]45)CC3)cc2)C(=O)N1. The first kappa shape index (κ1) is 17.9. The van der Waals surface area contributed by atoms with E-state index in [1.54, 1.807) is 0 Å². The van der Waals surface area contributed by atoms with Crippen molar-refractivity contribution in [3.8, 4) is 0 Å². The lowest BCUT2D eigenvalue weighted by molar-refractivity contribution is -0.133. The van der Waals surface area contributed by atoms with Crippen LogP contribution in [-0.2, 0) is 9.59 Å². The van der Waals surface area contributed by atoms with Crippen molar-refractivity contribution < 1.29 is 9.59 Å². The third-order valence-electron chi connectivity index (χ3n) is 6.92. The van der Waals surface area contributed by atoms with Crippen LogP contribution in [-0.4, -0.2) is 68.6 Å². The summed E-state index contributed by atoms with van der Waals surface area (Å²) in [5.74, 6) is 2.42. The number of carbonyl (C=O) groups excluding carboxylic acids is 2. The van der Waals surface area contributed by atoms with Gasteiger partial charge in [0.15, 0.2) is 0 Å². The number of imide groups is 1. The molecule has 0 radical (unpaired) electrons. The summed E-state index contributed by atoms with van der Waals surface area (Å²) in [7, 11) is 0. The molecule has 5 rings (SSSR count). The number of hydrogen-bond acceptors (Lipinski definition) is 6. The summed E-state index contributed by atoms with van der Waals surface area (Å²) in [5.41, 5.74) is 2.16. The molecule has 7 nitrogen and oxygen atoms in total. The van der Waals surface area contributed by atoms with Crippen LogP contribution in [0.5, 0.6) is 0 Å². The second-order valence-corrected chi connectivity index (χ2v) is 8.63. The highest BCUT2D eigenvalue weighted by Gasteiger charge is 2.52. The number of nitrogens with zero attached hydrogens (tertiary/aromatic N) is 2. The van der Waals surface area contributed by atoms with E-state index < -0.39 is 0 Å². The summed E-state index contributed by atoms with van der Waals surface area (Å²) < 4.78 is 0. The lowest BCUT2D eigenvalue weighted by Gasteiger charge is -2.36. The second kappa shape index (κ2) is 7.37. The van der Waals surface area contributed by atoms with Gasteiger partial charge in [0, 0.05) is 50.5 Å². The number of amides is 2. The fourth-order valence-electron chi connectivity index (χ4n) is 5.11. The molecule has 2 unspecified atom stereocenters. The average Bonchev–Trinajstić information content (AvgIpc) is 3.12. The molecule has 3 N–H and O–H groups in total. The Morgan fingerprint density at radius 1 is 1.00 bits per heavy atom. The Balaban J connectivity index is 1.10. The fraction of sp³-hybridized carbons (Fsp3) is 0.619. The summed E-state index contributed by atoms with van der Waals surface area (Å²) in [6.45, 7) is 8.16. The first-order chi connectivity index (χ1) is 13.7. The average molecular weight is 383 g/mol. The predicted octanol–water partition coefficient (Wildman–Crippen LogP) is 0.491. The monoisotopic (exact) mass is 383 g/mol. The van der Waals surface area contributed by atoms with Gasteiger partial charge in [-0.2, -0.15) is 0 Å².